The highest BCUT2D eigenvalue weighted by Crippen LogP contribution is 2.55. The molecule has 4 aliphatic rings. The van der Waals surface area contributed by atoms with Crippen molar-refractivity contribution in [3.8, 4) is 0 Å². The van der Waals surface area contributed by atoms with Crippen molar-refractivity contribution >= 4 is 17.4 Å². The van der Waals surface area contributed by atoms with Crippen molar-refractivity contribution in [2.24, 2.45) is 5.92 Å². The number of carbonyl (C=O) groups is 2. The summed E-state index contributed by atoms with van der Waals surface area (Å²) in [6.45, 7) is 7.25. The van der Waals surface area contributed by atoms with Crippen molar-refractivity contribution in [1.29, 1.82) is 0 Å². The van der Waals surface area contributed by atoms with Crippen molar-refractivity contribution in [3.63, 3.8) is 0 Å². The number of allylic oxidation sites excluding steroid dienone is 4. The Kier molecular flexibility index (Phi) is 4.65. The van der Waals surface area contributed by atoms with Gasteiger partial charge in [0.05, 0.1) is 12.5 Å². The van der Waals surface area contributed by atoms with Gasteiger partial charge in [0.15, 0.2) is 5.78 Å². The smallest absolute Gasteiger partial charge is 0.308 e. The van der Waals surface area contributed by atoms with Crippen LogP contribution in [0.1, 0.15) is 39.2 Å². The van der Waals surface area contributed by atoms with E-state index in [1.165, 1.54) is 16.9 Å². The van der Waals surface area contributed by atoms with E-state index in [0.29, 0.717) is 18.8 Å². The molecule has 0 radical (unpaired) electrons. The van der Waals surface area contributed by atoms with Crippen LogP contribution in [0.4, 0.5) is 5.69 Å². The average Bonchev–Trinajstić information content (AvgIpc) is 3.01. The first-order valence-electron chi connectivity index (χ1n) is 11.0. The maximum absolute atomic E-state index is 12.5. The van der Waals surface area contributed by atoms with E-state index in [4.69, 9.17) is 9.47 Å². The first-order valence-corrected chi connectivity index (χ1v) is 11.0. The molecule has 0 bridgehead atoms. The molecule has 0 spiro atoms. The van der Waals surface area contributed by atoms with E-state index in [2.05, 4.69) is 42.2 Å². The molecule has 1 aromatic carbocycles. The number of para-hydroxylation sites is 1. The summed E-state index contributed by atoms with van der Waals surface area (Å²) in [7, 11) is 0. The molecule has 1 aliphatic carbocycles. The molecule has 3 unspecified atom stereocenters. The second kappa shape index (κ2) is 7.26. The molecule has 3 heterocycles. The third-order valence-corrected chi connectivity index (χ3v) is 6.79. The van der Waals surface area contributed by atoms with Crippen LogP contribution in [0.15, 0.2) is 71.2 Å². The number of fused-ring (bicyclic) bond motifs is 5. The highest BCUT2D eigenvalue weighted by atomic mass is 16.5. The molecule has 0 saturated carbocycles. The van der Waals surface area contributed by atoms with Crippen LogP contribution in [0, 0.1) is 5.92 Å². The Hall–Kier alpha value is -3.08. The van der Waals surface area contributed by atoms with Crippen molar-refractivity contribution in [1.82, 2.24) is 0 Å². The second-order valence-electron chi connectivity index (χ2n) is 8.90. The molecular weight excluding hydrogens is 390 g/mol. The lowest BCUT2D eigenvalue weighted by atomic mass is 9.72. The lowest BCUT2D eigenvalue weighted by Gasteiger charge is -2.41. The van der Waals surface area contributed by atoms with Gasteiger partial charge >= 0.3 is 5.97 Å². The predicted octanol–water partition coefficient (Wildman–Crippen LogP) is 4.36. The number of ketones is 1. The summed E-state index contributed by atoms with van der Waals surface area (Å²) in [6.07, 6.45) is 8.57. The van der Waals surface area contributed by atoms with Gasteiger partial charge in [0.25, 0.3) is 0 Å². The number of benzene rings is 1. The Morgan fingerprint density at radius 1 is 1.29 bits per heavy atom. The van der Waals surface area contributed by atoms with Gasteiger partial charge in [0, 0.05) is 47.0 Å². The standard InChI is InChI=1S/C26H27NO4/c1-4-30-25(29)16(2)15-26(3)20-7-5-6-8-21(20)27-12-11-22-19(24(26)27)13-17-9-10-18(28)14-23(17)31-22/h5-10,13-14,16,22H,4,11-12,15H2,1-3H3. The van der Waals surface area contributed by atoms with E-state index in [9.17, 15) is 9.59 Å². The van der Waals surface area contributed by atoms with Crippen LogP contribution >= 0.6 is 0 Å². The number of hydrogen-bond donors (Lipinski definition) is 0. The van der Waals surface area contributed by atoms with E-state index in [1.807, 2.05) is 19.9 Å². The minimum Gasteiger partial charge on any atom is -0.485 e. The molecule has 0 fully saturated rings. The van der Waals surface area contributed by atoms with Gasteiger partial charge in [-0.15, -0.1) is 0 Å². The van der Waals surface area contributed by atoms with E-state index >= 15 is 0 Å². The second-order valence-corrected chi connectivity index (χ2v) is 8.90. The van der Waals surface area contributed by atoms with Crippen molar-refractivity contribution in [2.45, 2.75) is 45.1 Å². The summed E-state index contributed by atoms with van der Waals surface area (Å²) in [6, 6.07) is 8.48. The van der Waals surface area contributed by atoms with E-state index in [-0.39, 0.29) is 29.2 Å². The Morgan fingerprint density at radius 3 is 2.90 bits per heavy atom. The molecule has 3 aliphatic heterocycles. The zero-order valence-electron chi connectivity index (χ0n) is 18.2. The maximum Gasteiger partial charge on any atom is 0.308 e. The van der Waals surface area contributed by atoms with Crippen molar-refractivity contribution < 1.29 is 19.1 Å². The van der Waals surface area contributed by atoms with Gasteiger partial charge in [-0.3, -0.25) is 9.59 Å². The van der Waals surface area contributed by atoms with E-state index in [0.717, 1.165) is 24.1 Å². The fraction of sp³-hybridized carbons (Fsp3) is 0.385. The topological polar surface area (TPSA) is 55.8 Å². The number of hydrogen-bond acceptors (Lipinski definition) is 5. The van der Waals surface area contributed by atoms with Gasteiger partial charge in [-0.25, -0.2) is 0 Å². The van der Waals surface area contributed by atoms with Gasteiger partial charge in [0.2, 0.25) is 0 Å². The van der Waals surface area contributed by atoms with Gasteiger partial charge in [-0.05, 0) is 50.1 Å². The summed E-state index contributed by atoms with van der Waals surface area (Å²) in [5.41, 5.74) is 5.38. The van der Waals surface area contributed by atoms with Gasteiger partial charge in [0.1, 0.15) is 11.9 Å². The molecule has 5 nitrogen and oxygen atoms in total. The minimum absolute atomic E-state index is 0.0398. The fourth-order valence-electron chi connectivity index (χ4n) is 5.51. The van der Waals surface area contributed by atoms with Crippen LogP contribution in [0.25, 0.3) is 0 Å². The monoisotopic (exact) mass is 417 g/mol. The third kappa shape index (κ3) is 3.06. The summed E-state index contributed by atoms with van der Waals surface area (Å²) >= 11 is 0. The minimum atomic E-state index is -0.341. The first kappa shape index (κ1) is 19.9. The summed E-state index contributed by atoms with van der Waals surface area (Å²) in [5.74, 6) is 0.232. The summed E-state index contributed by atoms with van der Waals surface area (Å²) in [4.78, 5) is 26.7. The number of nitrogens with zero attached hydrogens (tertiary/aromatic N) is 1. The number of anilines is 1. The lowest BCUT2D eigenvalue weighted by molar-refractivity contribution is -0.148. The Labute approximate surface area is 182 Å². The first-order chi connectivity index (χ1) is 14.9. The van der Waals surface area contributed by atoms with E-state index < -0.39 is 0 Å². The Morgan fingerprint density at radius 2 is 2.10 bits per heavy atom. The predicted molar refractivity (Wildman–Crippen MR) is 118 cm³/mol. The largest absolute Gasteiger partial charge is 0.485 e. The quantitative estimate of drug-likeness (QED) is 0.682. The average molecular weight is 418 g/mol. The molecule has 0 amide bonds. The van der Waals surface area contributed by atoms with Gasteiger partial charge in [-0.1, -0.05) is 25.1 Å². The van der Waals surface area contributed by atoms with Crippen molar-refractivity contribution in [2.75, 3.05) is 18.1 Å². The number of rotatable bonds is 4. The number of carbonyl (C=O) groups excluding carboxylic acids is 2. The zero-order valence-corrected chi connectivity index (χ0v) is 18.2. The molecule has 5 rings (SSSR count). The van der Waals surface area contributed by atoms with Crippen LogP contribution < -0.4 is 4.90 Å². The molecular formula is C26H27NO4. The van der Waals surface area contributed by atoms with Crippen LogP contribution in [0.3, 0.4) is 0 Å². The lowest BCUT2D eigenvalue weighted by Crippen LogP contribution is -2.41. The van der Waals surface area contributed by atoms with Gasteiger partial charge < -0.3 is 14.4 Å². The van der Waals surface area contributed by atoms with Gasteiger partial charge in [-0.2, -0.15) is 0 Å². The molecule has 0 aromatic heterocycles. The van der Waals surface area contributed by atoms with Crippen LogP contribution in [-0.4, -0.2) is 31.0 Å². The maximum atomic E-state index is 12.5. The summed E-state index contributed by atoms with van der Waals surface area (Å²) in [5, 5.41) is 0. The molecule has 0 saturated heterocycles. The highest BCUT2D eigenvalue weighted by molar-refractivity contribution is 6.02. The molecule has 1 aromatic rings. The molecule has 0 N–H and O–H groups in total. The molecule has 31 heavy (non-hydrogen) atoms. The SMILES string of the molecule is CCOC(=O)C(C)CC1(C)C2=C3C=C4C=CC(=O)C=C4OC3CCN2c2ccccc21. The fourth-order valence-corrected chi connectivity index (χ4v) is 5.51. The zero-order chi connectivity index (χ0) is 21.8. The summed E-state index contributed by atoms with van der Waals surface area (Å²) < 4.78 is 11.6. The normalized spacial score (nSPS) is 26.7. The number of ether oxygens (including phenoxy) is 2. The van der Waals surface area contributed by atoms with Crippen LogP contribution in [-0.2, 0) is 24.5 Å². The molecule has 160 valence electrons. The molecule has 3 atom stereocenters. The van der Waals surface area contributed by atoms with Crippen molar-refractivity contribution in [3.05, 3.63) is 76.7 Å². The Bertz CT molecular complexity index is 1090. The third-order valence-electron chi connectivity index (χ3n) is 6.79. The Balaban J connectivity index is 1.66. The van der Waals surface area contributed by atoms with E-state index in [1.54, 1.807) is 12.2 Å². The van der Waals surface area contributed by atoms with Crippen LogP contribution in [0.2, 0.25) is 0 Å². The van der Waals surface area contributed by atoms with Crippen LogP contribution in [0.5, 0.6) is 0 Å². The molecule has 5 heteroatoms. The number of esters is 1. The highest BCUT2D eigenvalue weighted by Gasteiger charge is 2.50.